The summed E-state index contributed by atoms with van der Waals surface area (Å²) in [5, 5.41) is 9.80. The summed E-state index contributed by atoms with van der Waals surface area (Å²) in [5.74, 6) is 0.369. The first-order valence-electron chi connectivity index (χ1n) is 7.46. The molecule has 4 unspecified atom stereocenters. The van der Waals surface area contributed by atoms with Crippen molar-refractivity contribution in [2.45, 2.75) is 44.9 Å². The van der Waals surface area contributed by atoms with Crippen molar-refractivity contribution in [2.24, 2.45) is 11.7 Å². The molecule has 3 N–H and O–H groups in total. The highest BCUT2D eigenvalue weighted by atomic mass is 79.9. The minimum Gasteiger partial charge on any atom is -0.393 e. The van der Waals surface area contributed by atoms with E-state index < -0.39 is 0 Å². The molecule has 0 aromatic heterocycles. The largest absolute Gasteiger partial charge is 0.393 e. The van der Waals surface area contributed by atoms with Gasteiger partial charge in [0.05, 0.1) is 6.10 Å². The Balaban J connectivity index is 2.21. The second-order valence-corrected chi connectivity index (χ2v) is 6.77. The smallest absolute Gasteiger partial charge is 0.0552 e. The quantitative estimate of drug-likeness (QED) is 0.866. The van der Waals surface area contributed by atoms with Gasteiger partial charge in [-0.25, -0.2) is 0 Å². The molecule has 1 aromatic rings. The van der Waals surface area contributed by atoms with Crippen LogP contribution < -0.4 is 5.73 Å². The lowest BCUT2D eigenvalue weighted by Gasteiger charge is -2.33. The Kier molecular flexibility index (Phi) is 5.61. The van der Waals surface area contributed by atoms with E-state index in [1.807, 2.05) is 13.0 Å². The maximum Gasteiger partial charge on any atom is 0.0552 e. The van der Waals surface area contributed by atoms with Crippen molar-refractivity contribution in [2.75, 3.05) is 13.1 Å². The number of benzene rings is 1. The zero-order chi connectivity index (χ0) is 14.7. The summed E-state index contributed by atoms with van der Waals surface area (Å²) in [6, 6.07) is 8.78. The van der Waals surface area contributed by atoms with Crippen molar-refractivity contribution < 1.29 is 5.11 Å². The molecule has 0 spiro atoms. The van der Waals surface area contributed by atoms with Gasteiger partial charge in [0.1, 0.15) is 0 Å². The fourth-order valence-electron chi connectivity index (χ4n) is 3.10. The summed E-state index contributed by atoms with van der Waals surface area (Å²) in [7, 11) is 0. The van der Waals surface area contributed by atoms with Gasteiger partial charge < -0.3 is 10.8 Å². The molecule has 1 aliphatic heterocycles. The molecular formula is C16H25BrN2O. The number of rotatable bonds is 5. The molecule has 4 heteroatoms. The van der Waals surface area contributed by atoms with E-state index in [4.69, 9.17) is 5.73 Å². The van der Waals surface area contributed by atoms with Gasteiger partial charge in [-0.05, 0) is 49.9 Å². The second-order valence-electron chi connectivity index (χ2n) is 5.86. The van der Waals surface area contributed by atoms with Crippen LogP contribution in [0.4, 0.5) is 0 Å². The molecule has 2 rings (SSSR count). The van der Waals surface area contributed by atoms with Crippen LogP contribution in [0.15, 0.2) is 28.7 Å². The van der Waals surface area contributed by atoms with Crippen LogP contribution in [0.2, 0.25) is 0 Å². The van der Waals surface area contributed by atoms with E-state index in [-0.39, 0.29) is 18.2 Å². The topological polar surface area (TPSA) is 49.5 Å². The van der Waals surface area contributed by atoms with Crippen molar-refractivity contribution in [3.05, 3.63) is 34.3 Å². The molecule has 4 atom stereocenters. The predicted octanol–water partition coefficient (Wildman–Crippen LogP) is 2.93. The third-order valence-corrected chi connectivity index (χ3v) is 4.89. The lowest BCUT2D eigenvalue weighted by atomic mass is 9.96. The Morgan fingerprint density at radius 3 is 2.80 bits per heavy atom. The number of aliphatic hydroxyl groups is 1. The van der Waals surface area contributed by atoms with Gasteiger partial charge in [0.2, 0.25) is 0 Å². The van der Waals surface area contributed by atoms with E-state index in [0.717, 1.165) is 30.4 Å². The SMILES string of the molecule is CCC(N)C(c1cccc(Br)c1)N1CCC(C(C)O)C1. The molecule has 1 aromatic carbocycles. The number of nitrogens with zero attached hydrogens (tertiary/aromatic N) is 1. The fourth-order valence-corrected chi connectivity index (χ4v) is 3.52. The summed E-state index contributed by atoms with van der Waals surface area (Å²) >= 11 is 3.55. The first kappa shape index (κ1) is 16.0. The van der Waals surface area contributed by atoms with E-state index in [9.17, 15) is 5.11 Å². The van der Waals surface area contributed by atoms with Gasteiger partial charge >= 0.3 is 0 Å². The van der Waals surface area contributed by atoms with Crippen LogP contribution in [-0.2, 0) is 0 Å². The van der Waals surface area contributed by atoms with Crippen LogP contribution in [0.3, 0.4) is 0 Å². The van der Waals surface area contributed by atoms with Gasteiger partial charge in [-0.1, -0.05) is 35.0 Å². The van der Waals surface area contributed by atoms with Crippen molar-refractivity contribution in [3.63, 3.8) is 0 Å². The lowest BCUT2D eigenvalue weighted by molar-refractivity contribution is 0.118. The normalized spacial score (nSPS) is 24.6. The summed E-state index contributed by atoms with van der Waals surface area (Å²) in [6.07, 6.45) is 1.77. The summed E-state index contributed by atoms with van der Waals surface area (Å²) < 4.78 is 1.09. The molecule has 1 fully saturated rings. The minimum atomic E-state index is -0.235. The molecule has 3 nitrogen and oxygen atoms in total. The molecular weight excluding hydrogens is 316 g/mol. The van der Waals surface area contributed by atoms with Crippen molar-refractivity contribution in [1.82, 2.24) is 4.90 Å². The number of hydrogen-bond acceptors (Lipinski definition) is 3. The fraction of sp³-hybridized carbons (Fsp3) is 0.625. The van der Waals surface area contributed by atoms with Crippen LogP contribution in [0.5, 0.6) is 0 Å². The van der Waals surface area contributed by atoms with Gasteiger partial charge in [-0.3, -0.25) is 4.90 Å². The van der Waals surface area contributed by atoms with Crippen molar-refractivity contribution in [3.8, 4) is 0 Å². The van der Waals surface area contributed by atoms with E-state index in [1.165, 1.54) is 5.56 Å². The number of halogens is 1. The summed E-state index contributed by atoms with van der Waals surface area (Å²) in [4.78, 5) is 2.44. The highest BCUT2D eigenvalue weighted by Gasteiger charge is 2.33. The Hall–Kier alpha value is -0.420. The monoisotopic (exact) mass is 340 g/mol. The van der Waals surface area contributed by atoms with E-state index in [0.29, 0.717) is 5.92 Å². The average molecular weight is 341 g/mol. The number of nitrogens with two attached hydrogens (primary N) is 1. The number of likely N-dealkylation sites (tertiary alicyclic amines) is 1. The second kappa shape index (κ2) is 7.03. The Bertz CT molecular complexity index is 438. The van der Waals surface area contributed by atoms with Gasteiger partial charge in [0.25, 0.3) is 0 Å². The Morgan fingerprint density at radius 1 is 1.50 bits per heavy atom. The molecule has 0 aliphatic carbocycles. The lowest BCUT2D eigenvalue weighted by Crippen LogP contribution is -2.40. The first-order valence-corrected chi connectivity index (χ1v) is 8.25. The standard InChI is InChI=1S/C16H25BrN2O/c1-3-15(18)16(12-5-4-6-14(17)9-12)19-8-7-13(10-19)11(2)20/h4-6,9,11,13,15-16,20H,3,7-8,10,18H2,1-2H3. The van der Waals surface area contributed by atoms with Gasteiger partial charge in [-0.2, -0.15) is 0 Å². The van der Waals surface area contributed by atoms with Crippen LogP contribution in [0.25, 0.3) is 0 Å². The minimum absolute atomic E-state index is 0.122. The van der Waals surface area contributed by atoms with Crippen LogP contribution in [0.1, 0.15) is 38.3 Å². The highest BCUT2D eigenvalue weighted by molar-refractivity contribution is 9.10. The van der Waals surface area contributed by atoms with Crippen LogP contribution >= 0.6 is 15.9 Å². The molecule has 1 saturated heterocycles. The maximum absolute atomic E-state index is 9.80. The Labute approximate surface area is 130 Å². The Morgan fingerprint density at radius 2 is 2.25 bits per heavy atom. The number of hydrogen-bond donors (Lipinski definition) is 2. The third kappa shape index (κ3) is 3.61. The first-order chi connectivity index (χ1) is 9.52. The molecule has 1 aliphatic rings. The van der Waals surface area contributed by atoms with Crippen LogP contribution in [0, 0.1) is 5.92 Å². The highest BCUT2D eigenvalue weighted by Crippen LogP contribution is 2.32. The van der Waals surface area contributed by atoms with E-state index in [2.05, 4.69) is 46.0 Å². The van der Waals surface area contributed by atoms with Crippen LogP contribution in [-0.4, -0.2) is 35.2 Å². The molecule has 20 heavy (non-hydrogen) atoms. The molecule has 1 heterocycles. The van der Waals surface area contributed by atoms with Gasteiger partial charge in [0, 0.05) is 23.1 Å². The van der Waals surface area contributed by atoms with E-state index in [1.54, 1.807) is 0 Å². The molecule has 0 radical (unpaired) electrons. The molecule has 112 valence electrons. The van der Waals surface area contributed by atoms with Gasteiger partial charge in [-0.15, -0.1) is 0 Å². The summed E-state index contributed by atoms with van der Waals surface area (Å²) in [5.41, 5.74) is 7.65. The zero-order valence-electron chi connectivity index (χ0n) is 12.3. The van der Waals surface area contributed by atoms with Crippen molar-refractivity contribution in [1.29, 1.82) is 0 Å². The molecule has 0 bridgehead atoms. The van der Waals surface area contributed by atoms with Gasteiger partial charge in [0.15, 0.2) is 0 Å². The zero-order valence-corrected chi connectivity index (χ0v) is 13.9. The maximum atomic E-state index is 9.80. The van der Waals surface area contributed by atoms with E-state index >= 15 is 0 Å². The predicted molar refractivity (Wildman–Crippen MR) is 86.5 cm³/mol. The molecule has 0 saturated carbocycles. The summed E-state index contributed by atoms with van der Waals surface area (Å²) in [6.45, 7) is 5.98. The molecule has 0 amide bonds. The number of aliphatic hydroxyl groups excluding tert-OH is 1. The third-order valence-electron chi connectivity index (χ3n) is 4.40. The average Bonchev–Trinajstić information content (AvgIpc) is 2.88. The van der Waals surface area contributed by atoms with Crippen molar-refractivity contribution >= 4 is 15.9 Å².